The molecule has 2 atom stereocenters. The minimum Gasteiger partial charge on any atom is -0.330 e. The summed E-state index contributed by atoms with van der Waals surface area (Å²) in [5.41, 5.74) is 6.89. The van der Waals surface area contributed by atoms with Gasteiger partial charge in [0.1, 0.15) is 0 Å². The third-order valence-corrected chi connectivity index (χ3v) is 2.34. The smallest absolute Gasteiger partial charge is 0.0302 e. The molecule has 1 aliphatic carbocycles. The molecular weight excluding hydrogens is 207 g/mol. The van der Waals surface area contributed by atoms with E-state index in [0.29, 0.717) is 5.92 Å². The Morgan fingerprint density at radius 2 is 2.23 bits per heavy atom. The Balaban J connectivity index is 0.000000720. The average molecular weight is 221 g/mol. The van der Waals surface area contributed by atoms with Gasteiger partial charge in [0.2, 0.25) is 0 Å². The van der Waals surface area contributed by atoms with Gasteiger partial charge in [-0.15, -0.1) is 24.8 Å². The summed E-state index contributed by atoms with van der Waals surface area (Å²) < 4.78 is 0. The van der Waals surface area contributed by atoms with Crippen molar-refractivity contribution >= 4 is 24.8 Å². The van der Waals surface area contributed by atoms with Crippen LogP contribution >= 0.6 is 24.8 Å². The zero-order valence-electron chi connectivity index (χ0n) is 7.22. The summed E-state index contributed by atoms with van der Waals surface area (Å²) >= 11 is 0. The first-order chi connectivity index (χ1) is 5.42. The fourth-order valence-corrected chi connectivity index (χ4v) is 1.51. The highest BCUT2D eigenvalue weighted by Gasteiger charge is 2.36. The predicted octanol–water partition coefficient (Wildman–Crippen LogP) is 1.99. The lowest BCUT2D eigenvalue weighted by Gasteiger charge is -1.95. The van der Waals surface area contributed by atoms with Crippen molar-refractivity contribution in [2.45, 2.75) is 12.3 Å². The number of pyridine rings is 1. The maximum atomic E-state index is 5.54. The maximum Gasteiger partial charge on any atom is 0.0302 e. The first-order valence-electron chi connectivity index (χ1n) is 4.02. The van der Waals surface area contributed by atoms with Gasteiger partial charge in [0.25, 0.3) is 0 Å². The van der Waals surface area contributed by atoms with Crippen LogP contribution in [0.5, 0.6) is 0 Å². The molecule has 4 heteroatoms. The Hall–Kier alpha value is -0.310. The standard InChI is InChI=1S/C9H12N2.2ClH/c10-5-8-4-9(8)7-2-1-3-11-6-7;;/h1-3,6,8-9H,4-5,10H2;2*1H/t8-,9-;;/m0../s1. The Labute approximate surface area is 90.8 Å². The van der Waals surface area contributed by atoms with Gasteiger partial charge < -0.3 is 5.73 Å². The first-order valence-corrected chi connectivity index (χ1v) is 4.02. The van der Waals surface area contributed by atoms with Crippen LogP contribution in [-0.4, -0.2) is 11.5 Å². The molecule has 1 aromatic heterocycles. The molecule has 0 unspecified atom stereocenters. The Morgan fingerprint density at radius 1 is 1.46 bits per heavy atom. The van der Waals surface area contributed by atoms with Crippen LogP contribution in [0.2, 0.25) is 0 Å². The Kier molecular flexibility index (Phi) is 5.30. The molecule has 13 heavy (non-hydrogen) atoms. The van der Waals surface area contributed by atoms with Gasteiger partial charge in [-0.3, -0.25) is 4.98 Å². The number of halogens is 2. The van der Waals surface area contributed by atoms with Gasteiger partial charge in [-0.2, -0.15) is 0 Å². The van der Waals surface area contributed by atoms with Crippen LogP contribution in [0.1, 0.15) is 17.9 Å². The van der Waals surface area contributed by atoms with Crippen molar-refractivity contribution in [2.24, 2.45) is 11.7 Å². The highest BCUT2D eigenvalue weighted by Crippen LogP contribution is 2.46. The van der Waals surface area contributed by atoms with Gasteiger partial charge in [0.15, 0.2) is 0 Å². The van der Waals surface area contributed by atoms with Crippen molar-refractivity contribution in [3.05, 3.63) is 30.1 Å². The van der Waals surface area contributed by atoms with E-state index in [1.807, 2.05) is 18.5 Å². The number of nitrogens with two attached hydrogens (primary N) is 1. The third-order valence-electron chi connectivity index (χ3n) is 2.34. The van der Waals surface area contributed by atoms with Gasteiger partial charge in [0.05, 0.1) is 0 Å². The second kappa shape index (κ2) is 5.43. The van der Waals surface area contributed by atoms with Crippen molar-refractivity contribution in [1.29, 1.82) is 0 Å². The largest absolute Gasteiger partial charge is 0.330 e. The molecule has 1 aliphatic rings. The summed E-state index contributed by atoms with van der Waals surface area (Å²) in [7, 11) is 0. The van der Waals surface area contributed by atoms with Gasteiger partial charge in [-0.05, 0) is 36.4 Å². The molecule has 1 aromatic rings. The van der Waals surface area contributed by atoms with Crippen LogP contribution in [0.4, 0.5) is 0 Å². The van der Waals surface area contributed by atoms with Gasteiger partial charge in [0, 0.05) is 12.4 Å². The van der Waals surface area contributed by atoms with Crippen molar-refractivity contribution in [1.82, 2.24) is 4.98 Å². The summed E-state index contributed by atoms with van der Waals surface area (Å²) in [6.07, 6.45) is 5.01. The number of rotatable bonds is 2. The maximum absolute atomic E-state index is 5.54. The van der Waals surface area contributed by atoms with Crippen molar-refractivity contribution in [2.75, 3.05) is 6.54 Å². The summed E-state index contributed by atoms with van der Waals surface area (Å²) in [5.74, 6) is 1.42. The number of aromatic nitrogens is 1. The van der Waals surface area contributed by atoms with E-state index in [0.717, 1.165) is 12.5 Å². The Bertz CT molecular complexity index is 241. The summed E-state index contributed by atoms with van der Waals surface area (Å²) in [6.45, 7) is 0.819. The molecule has 0 spiro atoms. The molecule has 0 amide bonds. The molecule has 0 bridgehead atoms. The molecule has 0 aromatic carbocycles. The highest BCUT2D eigenvalue weighted by atomic mass is 35.5. The van der Waals surface area contributed by atoms with Crippen molar-refractivity contribution < 1.29 is 0 Å². The molecule has 74 valence electrons. The molecule has 2 nitrogen and oxygen atoms in total. The van der Waals surface area contributed by atoms with Crippen LogP contribution in [0.3, 0.4) is 0 Å². The van der Waals surface area contributed by atoms with Crippen molar-refractivity contribution in [3.63, 3.8) is 0 Å². The zero-order chi connectivity index (χ0) is 7.68. The molecule has 0 saturated heterocycles. The van der Waals surface area contributed by atoms with Gasteiger partial charge in [-0.1, -0.05) is 6.07 Å². The van der Waals surface area contributed by atoms with Crippen LogP contribution < -0.4 is 5.73 Å². The number of hydrogen-bond donors (Lipinski definition) is 1. The first kappa shape index (κ1) is 12.7. The van der Waals surface area contributed by atoms with Gasteiger partial charge >= 0.3 is 0 Å². The van der Waals surface area contributed by atoms with E-state index in [-0.39, 0.29) is 24.8 Å². The quantitative estimate of drug-likeness (QED) is 0.829. The van der Waals surface area contributed by atoms with Gasteiger partial charge in [-0.25, -0.2) is 0 Å². The second-order valence-corrected chi connectivity index (χ2v) is 3.12. The molecular formula is C9H14Cl2N2. The minimum absolute atomic E-state index is 0. The fourth-order valence-electron chi connectivity index (χ4n) is 1.51. The predicted molar refractivity (Wildman–Crippen MR) is 58.6 cm³/mol. The lowest BCUT2D eigenvalue weighted by molar-refractivity contribution is 0.808. The second-order valence-electron chi connectivity index (χ2n) is 3.12. The lowest BCUT2D eigenvalue weighted by atomic mass is 10.1. The van der Waals surface area contributed by atoms with Crippen LogP contribution in [0.15, 0.2) is 24.5 Å². The number of nitrogens with zero attached hydrogens (tertiary/aromatic N) is 1. The van der Waals surface area contributed by atoms with Crippen LogP contribution in [0.25, 0.3) is 0 Å². The van der Waals surface area contributed by atoms with Crippen LogP contribution in [0, 0.1) is 5.92 Å². The molecule has 2 N–H and O–H groups in total. The topological polar surface area (TPSA) is 38.9 Å². The average Bonchev–Trinajstić information content (AvgIpc) is 2.85. The number of hydrogen-bond acceptors (Lipinski definition) is 2. The Morgan fingerprint density at radius 3 is 2.69 bits per heavy atom. The lowest BCUT2D eigenvalue weighted by Crippen LogP contribution is -2.01. The van der Waals surface area contributed by atoms with Crippen molar-refractivity contribution in [3.8, 4) is 0 Å². The monoisotopic (exact) mass is 220 g/mol. The van der Waals surface area contributed by atoms with E-state index in [1.165, 1.54) is 12.0 Å². The summed E-state index contributed by atoms with van der Waals surface area (Å²) in [5, 5.41) is 0. The summed E-state index contributed by atoms with van der Waals surface area (Å²) in [6, 6.07) is 4.12. The summed E-state index contributed by atoms with van der Waals surface area (Å²) in [4.78, 5) is 4.07. The van der Waals surface area contributed by atoms with E-state index in [9.17, 15) is 0 Å². The van der Waals surface area contributed by atoms with E-state index in [1.54, 1.807) is 0 Å². The zero-order valence-corrected chi connectivity index (χ0v) is 8.85. The molecule has 0 aliphatic heterocycles. The molecule has 2 rings (SSSR count). The molecule has 1 heterocycles. The SMILES string of the molecule is Cl.Cl.NC[C@@H]1C[C@H]1c1cccnc1. The fraction of sp³-hybridized carbons (Fsp3) is 0.444. The van der Waals surface area contributed by atoms with Crippen LogP contribution in [-0.2, 0) is 0 Å². The molecule has 1 fully saturated rings. The normalized spacial score (nSPS) is 24.1. The highest BCUT2D eigenvalue weighted by molar-refractivity contribution is 5.85. The molecule has 0 radical (unpaired) electrons. The van der Waals surface area contributed by atoms with E-state index < -0.39 is 0 Å². The van der Waals surface area contributed by atoms with E-state index in [4.69, 9.17) is 5.73 Å². The van der Waals surface area contributed by atoms with E-state index in [2.05, 4.69) is 11.1 Å². The minimum atomic E-state index is 0. The van der Waals surface area contributed by atoms with E-state index >= 15 is 0 Å². The molecule has 1 saturated carbocycles. The third kappa shape index (κ3) is 2.83.